The van der Waals surface area contributed by atoms with E-state index >= 15 is 0 Å². The molecule has 0 saturated carbocycles. The standard InChI is InChI=1S/C12H13BrN2O3/c1-12(2,3)8-6-9(18-15-8)14-11(16)7-4-5-17-10(7)13/h4-6H,1-3H3,(H,14,16). The van der Waals surface area contributed by atoms with E-state index in [9.17, 15) is 4.79 Å². The zero-order chi connectivity index (χ0) is 13.3. The first-order valence-electron chi connectivity index (χ1n) is 5.39. The summed E-state index contributed by atoms with van der Waals surface area (Å²) in [4.78, 5) is 11.9. The normalized spacial score (nSPS) is 11.6. The number of halogens is 1. The van der Waals surface area contributed by atoms with Crippen LogP contribution >= 0.6 is 15.9 Å². The van der Waals surface area contributed by atoms with Crippen LogP contribution in [-0.4, -0.2) is 11.1 Å². The van der Waals surface area contributed by atoms with Crippen LogP contribution in [0.4, 0.5) is 5.88 Å². The first-order valence-corrected chi connectivity index (χ1v) is 6.19. The number of anilines is 1. The van der Waals surface area contributed by atoms with Crippen LogP contribution in [-0.2, 0) is 5.41 Å². The van der Waals surface area contributed by atoms with E-state index < -0.39 is 0 Å². The molecule has 0 bridgehead atoms. The lowest BCUT2D eigenvalue weighted by Gasteiger charge is -2.12. The molecule has 0 aliphatic heterocycles. The number of amides is 1. The number of furan rings is 1. The van der Waals surface area contributed by atoms with E-state index in [1.807, 2.05) is 20.8 Å². The molecule has 96 valence electrons. The van der Waals surface area contributed by atoms with Gasteiger partial charge in [0.1, 0.15) is 0 Å². The fourth-order valence-electron chi connectivity index (χ4n) is 1.32. The second kappa shape index (κ2) is 4.61. The molecule has 0 radical (unpaired) electrons. The molecule has 0 unspecified atom stereocenters. The third-order valence-electron chi connectivity index (χ3n) is 2.38. The minimum absolute atomic E-state index is 0.122. The number of nitrogens with one attached hydrogen (secondary N) is 1. The van der Waals surface area contributed by atoms with Crippen molar-refractivity contribution in [1.29, 1.82) is 0 Å². The van der Waals surface area contributed by atoms with Crippen molar-refractivity contribution in [2.24, 2.45) is 0 Å². The van der Waals surface area contributed by atoms with Crippen molar-refractivity contribution in [1.82, 2.24) is 5.16 Å². The molecule has 6 heteroatoms. The number of aromatic nitrogens is 1. The molecular formula is C12H13BrN2O3. The zero-order valence-electron chi connectivity index (χ0n) is 10.3. The maximum atomic E-state index is 11.9. The van der Waals surface area contributed by atoms with Gasteiger partial charge in [0.15, 0.2) is 4.67 Å². The van der Waals surface area contributed by atoms with Gasteiger partial charge in [0.05, 0.1) is 17.5 Å². The Morgan fingerprint density at radius 3 is 2.67 bits per heavy atom. The molecule has 0 saturated heterocycles. The quantitative estimate of drug-likeness (QED) is 0.920. The van der Waals surface area contributed by atoms with Gasteiger partial charge >= 0.3 is 0 Å². The first-order chi connectivity index (χ1) is 8.38. The number of carbonyl (C=O) groups excluding carboxylic acids is 1. The highest BCUT2D eigenvalue weighted by molar-refractivity contribution is 9.10. The van der Waals surface area contributed by atoms with Crippen molar-refractivity contribution >= 4 is 27.7 Å². The average molecular weight is 313 g/mol. The molecule has 1 N–H and O–H groups in total. The number of rotatable bonds is 2. The average Bonchev–Trinajstić information content (AvgIpc) is 2.85. The Balaban J connectivity index is 2.13. The van der Waals surface area contributed by atoms with E-state index in [0.717, 1.165) is 5.69 Å². The predicted octanol–water partition coefficient (Wildman–Crippen LogP) is 3.58. The van der Waals surface area contributed by atoms with Crippen LogP contribution in [0.15, 0.2) is 32.0 Å². The molecule has 0 aliphatic carbocycles. The van der Waals surface area contributed by atoms with Gasteiger partial charge in [-0.3, -0.25) is 10.1 Å². The van der Waals surface area contributed by atoms with Crippen LogP contribution in [0.2, 0.25) is 0 Å². The van der Waals surface area contributed by atoms with Crippen LogP contribution in [0.1, 0.15) is 36.8 Å². The van der Waals surface area contributed by atoms with Gasteiger partial charge in [0.25, 0.3) is 5.91 Å². The molecule has 0 aromatic carbocycles. The molecule has 18 heavy (non-hydrogen) atoms. The third kappa shape index (κ3) is 2.64. The van der Waals surface area contributed by atoms with Gasteiger partial charge in [0.2, 0.25) is 5.88 Å². The fraction of sp³-hybridized carbons (Fsp3) is 0.333. The molecule has 5 nitrogen and oxygen atoms in total. The summed E-state index contributed by atoms with van der Waals surface area (Å²) < 4.78 is 10.4. The van der Waals surface area contributed by atoms with E-state index in [1.54, 1.807) is 12.1 Å². The molecule has 2 aromatic heterocycles. The van der Waals surface area contributed by atoms with Crippen LogP contribution in [0.25, 0.3) is 0 Å². The number of hydrogen-bond acceptors (Lipinski definition) is 4. The van der Waals surface area contributed by atoms with Crippen molar-refractivity contribution in [2.75, 3.05) is 5.32 Å². The van der Waals surface area contributed by atoms with Gasteiger partial charge < -0.3 is 8.94 Å². The summed E-state index contributed by atoms with van der Waals surface area (Å²) >= 11 is 3.14. The lowest BCUT2D eigenvalue weighted by Crippen LogP contribution is -2.12. The number of carbonyl (C=O) groups is 1. The number of hydrogen-bond donors (Lipinski definition) is 1. The summed E-state index contributed by atoms with van der Waals surface area (Å²) in [6, 6.07) is 3.28. The van der Waals surface area contributed by atoms with Gasteiger partial charge in [-0.1, -0.05) is 25.9 Å². The van der Waals surface area contributed by atoms with E-state index in [-0.39, 0.29) is 11.3 Å². The number of nitrogens with zero attached hydrogens (tertiary/aromatic N) is 1. The monoisotopic (exact) mass is 312 g/mol. The molecule has 1 amide bonds. The Morgan fingerprint density at radius 1 is 1.44 bits per heavy atom. The summed E-state index contributed by atoms with van der Waals surface area (Å²) in [6.07, 6.45) is 1.43. The van der Waals surface area contributed by atoms with Gasteiger partial charge in [-0.15, -0.1) is 0 Å². The van der Waals surface area contributed by atoms with E-state index in [1.165, 1.54) is 6.26 Å². The van der Waals surface area contributed by atoms with Crippen LogP contribution in [0.3, 0.4) is 0 Å². The van der Waals surface area contributed by atoms with Gasteiger partial charge in [-0.2, -0.15) is 0 Å². The SMILES string of the molecule is CC(C)(C)c1cc(NC(=O)c2ccoc2Br)on1. The molecular weight excluding hydrogens is 300 g/mol. The Hall–Kier alpha value is -1.56. The van der Waals surface area contributed by atoms with E-state index in [2.05, 4.69) is 26.4 Å². The fourth-order valence-corrected chi connectivity index (χ4v) is 1.74. The highest BCUT2D eigenvalue weighted by Crippen LogP contribution is 2.24. The maximum absolute atomic E-state index is 11.9. The van der Waals surface area contributed by atoms with Crippen LogP contribution in [0.5, 0.6) is 0 Å². The van der Waals surface area contributed by atoms with E-state index in [4.69, 9.17) is 8.94 Å². The van der Waals surface area contributed by atoms with Crippen molar-refractivity contribution in [3.63, 3.8) is 0 Å². The smallest absolute Gasteiger partial charge is 0.262 e. The highest BCUT2D eigenvalue weighted by Gasteiger charge is 2.20. The Kier molecular flexibility index (Phi) is 3.30. The third-order valence-corrected chi connectivity index (χ3v) is 2.99. The first kappa shape index (κ1) is 12.9. The second-order valence-corrected chi connectivity index (χ2v) is 5.61. The summed E-state index contributed by atoms with van der Waals surface area (Å²) in [5.41, 5.74) is 1.07. The molecule has 2 aromatic rings. The maximum Gasteiger partial charge on any atom is 0.262 e. The highest BCUT2D eigenvalue weighted by atomic mass is 79.9. The van der Waals surface area contributed by atoms with Crippen LogP contribution in [0, 0.1) is 0 Å². The zero-order valence-corrected chi connectivity index (χ0v) is 11.9. The summed E-state index contributed by atoms with van der Waals surface area (Å²) in [7, 11) is 0. The van der Waals surface area contributed by atoms with Crippen molar-refractivity contribution in [2.45, 2.75) is 26.2 Å². The van der Waals surface area contributed by atoms with Gasteiger partial charge in [-0.25, -0.2) is 0 Å². The van der Waals surface area contributed by atoms with Crippen molar-refractivity contribution < 1.29 is 13.7 Å². The lowest BCUT2D eigenvalue weighted by atomic mass is 9.92. The molecule has 0 spiro atoms. The minimum atomic E-state index is -0.313. The Morgan fingerprint density at radius 2 is 2.17 bits per heavy atom. The molecule has 0 atom stereocenters. The van der Waals surface area contributed by atoms with Gasteiger partial charge in [0, 0.05) is 11.5 Å². The summed E-state index contributed by atoms with van der Waals surface area (Å²) in [5.74, 6) is 0.00487. The summed E-state index contributed by atoms with van der Waals surface area (Å²) in [5, 5.41) is 6.54. The lowest BCUT2D eigenvalue weighted by molar-refractivity contribution is 0.102. The molecule has 0 fully saturated rings. The Bertz CT molecular complexity index is 566. The topological polar surface area (TPSA) is 68.3 Å². The Labute approximate surface area is 113 Å². The second-order valence-electron chi connectivity index (χ2n) is 4.89. The predicted molar refractivity (Wildman–Crippen MR) is 69.6 cm³/mol. The molecule has 2 rings (SSSR count). The minimum Gasteiger partial charge on any atom is -0.457 e. The van der Waals surface area contributed by atoms with Crippen molar-refractivity contribution in [3.8, 4) is 0 Å². The van der Waals surface area contributed by atoms with E-state index in [0.29, 0.717) is 16.1 Å². The molecule has 0 aliphatic rings. The summed E-state index contributed by atoms with van der Waals surface area (Å²) in [6.45, 7) is 6.05. The molecule has 2 heterocycles. The largest absolute Gasteiger partial charge is 0.457 e. The van der Waals surface area contributed by atoms with Crippen LogP contribution < -0.4 is 5.32 Å². The van der Waals surface area contributed by atoms with Gasteiger partial charge in [-0.05, 0) is 22.0 Å². The van der Waals surface area contributed by atoms with Crippen molar-refractivity contribution in [3.05, 3.63) is 34.3 Å².